The maximum atomic E-state index is 15.5. The van der Waals surface area contributed by atoms with Gasteiger partial charge in [0.15, 0.2) is 5.60 Å². The van der Waals surface area contributed by atoms with Crippen molar-refractivity contribution in [3.63, 3.8) is 0 Å². The average Bonchev–Trinajstić information content (AvgIpc) is 2.95. The first kappa shape index (κ1) is 17.8. The summed E-state index contributed by atoms with van der Waals surface area (Å²) in [6.45, 7) is -0.891. The lowest BCUT2D eigenvalue weighted by molar-refractivity contribution is -0.362. The summed E-state index contributed by atoms with van der Waals surface area (Å²) in [5.74, 6) is -7.41. The largest absolute Gasteiger partial charge is 0.481 e. The third kappa shape index (κ3) is 2.17. The van der Waals surface area contributed by atoms with Crippen molar-refractivity contribution >= 4 is 5.97 Å². The molecule has 3 aliphatic rings. The lowest BCUT2D eigenvalue weighted by Gasteiger charge is -2.71. The van der Waals surface area contributed by atoms with Crippen LogP contribution in [-0.4, -0.2) is 42.3 Å². The van der Waals surface area contributed by atoms with E-state index in [0.29, 0.717) is 6.07 Å². The molecule has 1 aromatic heterocycles. The zero-order chi connectivity index (χ0) is 19.7. The van der Waals surface area contributed by atoms with Gasteiger partial charge in [0.25, 0.3) is 5.92 Å². The molecule has 2 aromatic rings. The molecule has 11 heteroatoms. The van der Waals surface area contributed by atoms with E-state index in [1.165, 1.54) is 0 Å². The quantitative estimate of drug-likeness (QED) is 0.734. The van der Waals surface area contributed by atoms with Crippen molar-refractivity contribution in [2.75, 3.05) is 0 Å². The summed E-state index contributed by atoms with van der Waals surface area (Å²) in [6.07, 6.45) is -0.0154. The van der Waals surface area contributed by atoms with Crippen molar-refractivity contribution in [2.45, 2.75) is 37.3 Å². The Morgan fingerprint density at radius 2 is 1.93 bits per heavy atom. The molecule has 1 heterocycles. The monoisotopic (exact) mass is 386 g/mol. The van der Waals surface area contributed by atoms with Gasteiger partial charge >= 0.3 is 5.97 Å². The van der Waals surface area contributed by atoms with Gasteiger partial charge in [-0.05, 0) is 41.8 Å². The summed E-state index contributed by atoms with van der Waals surface area (Å²) in [6, 6.07) is 1.91. The molecule has 1 atom stereocenters. The van der Waals surface area contributed by atoms with Gasteiger partial charge in [-0.2, -0.15) is 0 Å². The number of carboxylic acids is 1. The smallest absolute Gasteiger partial charge is 0.309 e. The van der Waals surface area contributed by atoms with Gasteiger partial charge in [0, 0.05) is 17.0 Å². The molecule has 0 spiro atoms. The summed E-state index contributed by atoms with van der Waals surface area (Å²) in [5.41, 5.74) is -6.92. The lowest BCUT2D eigenvalue weighted by atomic mass is 9.32. The number of alkyl halides is 2. The molecular formula is C16H14F4N4O3. The minimum absolute atomic E-state index is 0.330. The molecule has 27 heavy (non-hydrogen) atoms. The number of aliphatic carboxylic acids is 1. The number of carboxylic acid groups (broad SMARTS) is 1. The topological polar surface area (TPSA) is 101 Å². The Labute approximate surface area is 149 Å². The first-order valence-corrected chi connectivity index (χ1v) is 8.05. The van der Waals surface area contributed by atoms with Crippen LogP contribution in [0, 0.1) is 22.5 Å². The summed E-state index contributed by atoms with van der Waals surface area (Å²) < 4.78 is 59.5. The number of benzene rings is 1. The van der Waals surface area contributed by atoms with Crippen LogP contribution in [0.15, 0.2) is 24.5 Å². The second-order valence-corrected chi connectivity index (χ2v) is 7.46. The number of aliphatic hydroxyl groups is 1. The van der Waals surface area contributed by atoms with Crippen LogP contribution in [0.5, 0.6) is 0 Å². The molecule has 0 radical (unpaired) electrons. The first-order valence-electron chi connectivity index (χ1n) is 8.05. The standard InChI is InChI=1S/C16H14F4N4O3/c17-9-1-2-10(11(18)3-9)15(27,7-24-8-21-22-23-24)16(19,20)14-4-13(5-14,6-14)12(25)26/h1-3,8,27H,4-7H2,(H,25,26)/t13?,14?,15-/m0/s1. The zero-order valence-corrected chi connectivity index (χ0v) is 13.7. The minimum Gasteiger partial charge on any atom is -0.481 e. The van der Waals surface area contributed by atoms with Crippen molar-refractivity contribution in [1.82, 2.24) is 20.2 Å². The molecular weight excluding hydrogens is 372 g/mol. The maximum Gasteiger partial charge on any atom is 0.309 e. The fourth-order valence-electron chi connectivity index (χ4n) is 4.45. The van der Waals surface area contributed by atoms with Crippen LogP contribution in [0.3, 0.4) is 0 Å². The SMILES string of the molecule is O=C(O)C12CC(C(F)(F)[C@](O)(Cn3cnnn3)c3ccc(F)cc3F)(C1)C2. The van der Waals surface area contributed by atoms with Crippen molar-refractivity contribution in [3.8, 4) is 0 Å². The number of carbonyl (C=O) groups is 1. The molecule has 7 nitrogen and oxygen atoms in total. The Hall–Kier alpha value is -2.56. The molecule has 3 fully saturated rings. The Morgan fingerprint density at radius 1 is 1.26 bits per heavy atom. The molecule has 5 rings (SSSR count). The molecule has 0 amide bonds. The number of hydrogen-bond acceptors (Lipinski definition) is 5. The lowest BCUT2D eigenvalue weighted by Crippen LogP contribution is -2.76. The number of rotatable bonds is 6. The highest BCUT2D eigenvalue weighted by Crippen LogP contribution is 2.80. The van der Waals surface area contributed by atoms with Crippen molar-refractivity contribution in [2.24, 2.45) is 10.8 Å². The molecule has 2 bridgehead atoms. The van der Waals surface area contributed by atoms with Crippen molar-refractivity contribution in [1.29, 1.82) is 0 Å². The number of halogens is 4. The molecule has 2 N–H and O–H groups in total. The van der Waals surface area contributed by atoms with Gasteiger partial charge in [-0.3, -0.25) is 4.79 Å². The second-order valence-electron chi connectivity index (χ2n) is 7.46. The van der Waals surface area contributed by atoms with Crippen LogP contribution in [0.1, 0.15) is 24.8 Å². The maximum absolute atomic E-state index is 15.5. The zero-order valence-electron chi connectivity index (χ0n) is 13.7. The highest BCUT2D eigenvalue weighted by atomic mass is 19.3. The van der Waals surface area contributed by atoms with E-state index in [9.17, 15) is 23.8 Å². The molecule has 3 aliphatic carbocycles. The molecule has 0 aliphatic heterocycles. The van der Waals surface area contributed by atoms with Crippen LogP contribution in [0.25, 0.3) is 0 Å². The van der Waals surface area contributed by atoms with E-state index in [2.05, 4.69) is 15.5 Å². The first-order chi connectivity index (χ1) is 12.6. The van der Waals surface area contributed by atoms with E-state index in [4.69, 9.17) is 0 Å². The number of tetrazole rings is 1. The van der Waals surface area contributed by atoms with Gasteiger partial charge in [0.1, 0.15) is 18.0 Å². The summed E-state index contributed by atoms with van der Waals surface area (Å²) in [5, 5.41) is 30.2. The van der Waals surface area contributed by atoms with Crippen molar-refractivity contribution < 1.29 is 32.6 Å². The van der Waals surface area contributed by atoms with Gasteiger partial charge in [0.2, 0.25) is 0 Å². The van der Waals surface area contributed by atoms with Crippen LogP contribution in [0.4, 0.5) is 17.6 Å². The third-order valence-corrected chi connectivity index (χ3v) is 5.83. The molecule has 144 valence electrons. The fourth-order valence-corrected chi connectivity index (χ4v) is 4.45. The average molecular weight is 386 g/mol. The fraction of sp³-hybridized carbons (Fsp3) is 0.500. The normalized spacial score (nSPS) is 28.8. The van der Waals surface area contributed by atoms with E-state index in [-0.39, 0.29) is 19.3 Å². The van der Waals surface area contributed by atoms with Crippen LogP contribution in [0.2, 0.25) is 0 Å². The minimum atomic E-state index is -3.91. The summed E-state index contributed by atoms with van der Waals surface area (Å²) in [4.78, 5) is 11.2. The van der Waals surface area contributed by atoms with Gasteiger partial charge in [-0.1, -0.05) is 0 Å². The third-order valence-electron chi connectivity index (χ3n) is 5.83. The predicted molar refractivity (Wildman–Crippen MR) is 79.4 cm³/mol. The van der Waals surface area contributed by atoms with Gasteiger partial charge in [0.05, 0.1) is 12.0 Å². The second kappa shape index (κ2) is 5.24. The molecule has 0 saturated heterocycles. The Morgan fingerprint density at radius 3 is 2.44 bits per heavy atom. The van der Waals surface area contributed by atoms with Gasteiger partial charge in [-0.25, -0.2) is 22.2 Å². The number of aromatic nitrogens is 4. The van der Waals surface area contributed by atoms with Crippen LogP contribution < -0.4 is 0 Å². The number of nitrogens with zero attached hydrogens (tertiary/aromatic N) is 4. The highest BCUT2D eigenvalue weighted by Gasteiger charge is 2.84. The van der Waals surface area contributed by atoms with E-state index in [1.54, 1.807) is 0 Å². The molecule has 1 aromatic carbocycles. The van der Waals surface area contributed by atoms with E-state index >= 15 is 8.78 Å². The van der Waals surface area contributed by atoms with E-state index < -0.39 is 52.1 Å². The van der Waals surface area contributed by atoms with Gasteiger partial charge in [-0.15, -0.1) is 5.10 Å². The van der Waals surface area contributed by atoms with E-state index in [0.717, 1.165) is 23.1 Å². The molecule has 0 unspecified atom stereocenters. The van der Waals surface area contributed by atoms with Crippen molar-refractivity contribution in [3.05, 3.63) is 41.7 Å². The Balaban J connectivity index is 1.78. The Kier molecular flexibility index (Phi) is 3.46. The predicted octanol–water partition coefficient (Wildman–Crippen LogP) is 1.73. The molecule has 3 saturated carbocycles. The Bertz CT molecular complexity index is 901. The van der Waals surface area contributed by atoms with Gasteiger partial charge < -0.3 is 10.2 Å². The highest BCUT2D eigenvalue weighted by molar-refractivity contribution is 5.79. The summed E-state index contributed by atoms with van der Waals surface area (Å²) in [7, 11) is 0. The number of hydrogen-bond donors (Lipinski definition) is 2. The van der Waals surface area contributed by atoms with E-state index in [1.807, 2.05) is 0 Å². The van der Waals surface area contributed by atoms with Crippen LogP contribution >= 0.6 is 0 Å². The van der Waals surface area contributed by atoms with Crippen LogP contribution in [-0.2, 0) is 16.9 Å². The summed E-state index contributed by atoms with van der Waals surface area (Å²) >= 11 is 0.